The molecule has 9 nitrogen and oxygen atoms in total. The average molecular weight is 398 g/mol. The molecule has 1 aromatic carbocycles. The van der Waals surface area contributed by atoms with Gasteiger partial charge in [0, 0.05) is 25.7 Å². The van der Waals surface area contributed by atoms with Gasteiger partial charge < -0.3 is 14.6 Å². The number of aryl methyl sites for hydroxylation is 3. The van der Waals surface area contributed by atoms with E-state index in [1.807, 2.05) is 25.3 Å². The van der Waals surface area contributed by atoms with E-state index in [9.17, 15) is 9.59 Å². The van der Waals surface area contributed by atoms with Gasteiger partial charge >= 0.3 is 0 Å². The van der Waals surface area contributed by atoms with Crippen LogP contribution in [0.4, 0.5) is 5.95 Å². The summed E-state index contributed by atoms with van der Waals surface area (Å²) < 4.78 is 9.08. The number of fused-ring (bicyclic) bond motifs is 1. The van der Waals surface area contributed by atoms with Gasteiger partial charge in [0.05, 0.1) is 18.3 Å². The summed E-state index contributed by atoms with van der Waals surface area (Å²) in [5, 5.41) is 9.83. The molecule has 0 saturated carbocycles. The van der Waals surface area contributed by atoms with Gasteiger partial charge in [0.25, 0.3) is 11.8 Å². The molecule has 2 amide bonds. The van der Waals surface area contributed by atoms with E-state index in [1.54, 1.807) is 37.0 Å². The largest absolute Gasteiger partial charge is 0.494 e. The molecule has 0 spiro atoms. The molecule has 3 aromatic rings. The molecule has 0 fully saturated rings. The van der Waals surface area contributed by atoms with E-state index in [2.05, 4.69) is 20.7 Å². The molecule has 2 N–H and O–H groups in total. The lowest BCUT2D eigenvalue weighted by Gasteiger charge is -2.12. The Balaban J connectivity index is 2.10. The highest BCUT2D eigenvalue weighted by Crippen LogP contribution is 2.31. The first-order valence-corrected chi connectivity index (χ1v) is 9.59. The fourth-order valence-electron chi connectivity index (χ4n) is 3.33. The predicted octanol–water partition coefficient (Wildman–Crippen LogP) is 2.59. The molecule has 154 valence electrons. The van der Waals surface area contributed by atoms with Gasteiger partial charge in [-0.05, 0) is 38.5 Å². The number of amides is 2. The van der Waals surface area contributed by atoms with Crippen molar-refractivity contribution >= 4 is 28.8 Å². The lowest BCUT2D eigenvalue weighted by atomic mass is 10.1. The summed E-state index contributed by atoms with van der Waals surface area (Å²) in [6, 6.07) is 5.12. The molecule has 0 saturated heterocycles. The SMILES string of the molecule is CCCn1c(NC(=O)c2cc(C)nn2CC)nc2cc(C(=O)NC)cc(OC)c21. The molecule has 3 rings (SSSR count). The number of aromatic nitrogens is 4. The van der Waals surface area contributed by atoms with Crippen molar-refractivity contribution in [3.05, 3.63) is 35.2 Å². The van der Waals surface area contributed by atoms with Gasteiger partial charge in [-0.1, -0.05) is 6.92 Å². The number of methoxy groups -OCH3 is 1. The molecule has 0 unspecified atom stereocenters. The van der Waals surface area contributed by atoms with E-state index in [4.69, 9.17) is 4.74 Å². The summed E-state index contributed by atoms with van der Waals surface area (Å²) >= 11 is 0. The lowest BCUT2D eigenvalue weighted by Crippen LogP contribution is -2.20. The van der Waals surface area contributed by atoms with Crippen LogP contribution in [0.5, 0.6) is 5.75 Å². The number of rotatable bonds is 7. The first-order chi connectivity index (χ1) is 13.9. The van der Waals surface area contributed by atoms with Crippen molar-refractivity contribution in [1.29, 1.82) is 0 Å². The Bertz CT molecular complexity index is 1070. The third-order valence-corrected chi connectivity index (χ3v) is 4.62. The average Bonchev–Trinajstić information content (AvgIpc) is 3.27. The van der Waals surface area contributed by atoms with E-state index in [0.29, 0.717) is 41.6 Å². The standard InChI is InChI=1S/C20H26N6O3/c1-6-8-25-17-14(10-13(18(27)21-4)11-16(17)29-5)22-20(25)23-19(28)15-9-12(3)24-26(15)7-2/h9-11H,6-8H2,1-5H3,(H,21,27)(H,22,23,28). The highest BCUT2D eigenvalue weighted by molar-refractivity contribution is 6.04. The third-order valence-electron chi connectivity index (χ3n) is 4.62. The molecular weight excluding hydrogens is 372 g/mol. The zero-order valence-corrected chi connectivity index (χ0v) is 17.4. The van der Waals surface area contributed by atoms with Crippen molar-refractivity contribution in [2.45, 2.75) is 40.3 Å². The van der Waals surface area contributed by atoms with Gasteiger partial charge in [0.1, 0.15) is 17.0 Å². The van der Waals surface area contributed by atoms with Crippen molar-refractivity contribution in [1.82, 2.24) is 24.6 Å². The van der Waals surface area contributed by atoms with Crippen molar-refractivity contribution in [2.24, 2.45) is 0 Å². The van der Waals surface area contributed by atoms with Gasteiger partial charge in [-0.15, -0.1) is 0 Å². The lowest BCUT2D eigenvalue weighted by molar-refractivity contribution is 0.0961. The second kappa shape index (κ2) is 8.34. The monoisotopic (exact) mass is 398 g/mol. The normalized spacial score (nSPS) is 10.9. The molecule has 29 heavy (non-hydrogen) atoms. The minimum atomic E-state index is -0.286. The summed E-state index contributed by atoms with van der Waals surface area (Å²) in [5.41, 5.74) is 2.99. The summed E-state index contributed by atoms with van der Waals surface area (Å²) in [6.07, 6.45) is 0.834. The van der Waals surface area contributed by atoms with Crippen LogP contribution in [0, 0.1) is 6.92 Å². The van der Waals surface area contributed by atoms with Crippen molar-refractivity contribution in [3.8, 4) is 5.75 Å². The Hall–Kier alpha value is -3.36. The van der Waals surface area contributed by atoms with Gasteiger partial charge in [-0.3, -0.25) is 19.6 Å². The smallest absolute Gasteiger partial charge is 0.276 e. The maximum absolute atomic E-state index is 12.9. The first kappa shape index (κ1) is 20.4. The van der Waals surface area contributed by atoms with Crippen LogP contribution in [0.1, 0.15) is 46.8 Å². The number of hydrogen-bond donors (Lipinski definition) is 2. The van der Waals surface area contributed by atoms with Gasteiger partial charge in [-0.25, -0.2) is 4.98 Å². The number of carbonyl (C=O) groups is 2. The van der Waals surface area contributed by atoms with E-state index in [-0.39, 0.29) is 11.8 Å². The second-order valence-electron chi connectivity index (χ2n) is 6.65. The number of nitrogens with zero attached hydrogens (tertiary/aromatic N) is 4. The summed E-state index contributed by atoms with van der Waals surface area (Å²) in [5.74, 6) is 0.409. The highest BCUT2D eigenvalue weighted by atomic mass is 16.5. The fourth-order valence-corrected chi connectivity index (χ4v) is 3.33. The van der Waals surface area contributed by atoms with Crippen LogP contribution in [-0.4, -0.2) is 45.3 Å². The minimum absolute atomic E-state index is 0.233. The molecule has 0 radical (unpaired) electrons. The summed E-state index contributed by atoms with van der Waals surface area (Å²) in [6.45, 7) is 7.04. The number of carbonyl (C=O) groups excluding carboxylic acids is 2. The number of hydrogen-bond acceptors (Lipinski definition) is 5. The van der Waals surface area contributed by atoms with Gasteiger partial charge in [0.15, 0.2) is 0 Å². The van der Waals surface area contributed by atoms with Crippen LogP contribution in [0.3, 0.4) is 0 Å². The van der Waals surface area contributed by atoms with Crippen molar-refractivity contribution in [2.75, 3.05) is 19.5 Å². The van der Waals surface area contributed by atoms with E-state index >= 15 is 0 Å². The molecule has 2 aromatic heterocycles. The molecule has 2 heterocycles. The minimum Gasteiger partial charge on any atom is -0.494 e. The summed E-state index contributed by atoms with van der Waals surface area (Å²) in [4.78, 5) is 29.6. The van der Waals surface area contributed by atoms with Crippen molar-refractivity contribution in [3.63, 3.8) is 0 Å². The Kier molecular flexibility index (Phi) is 5.86. The number of anilines is 1. The van der Waals surface area contributed by atoms with Crippen LogP contribution in [-0.2, 0) is 13.1 Å². The van der Waals surface area contributed by atoms with Gasteiger partial charge in [-0.2, -0.15) is 5.10 Å². The van der Waals surface area contributed by atoms with E-state index in [1.165, 1.54) is 0 Å². The van der Waals surface area contributed by atoms with Crippen LogP contribution in [0.25, 0.3) is 11.0 Å². The number of benzene rings is 1. The molecule has 0 bridgehead atoms. The zero-order chi connectivity index (χ0) is 21.1. The van der Waals surface area contributed by atoms with Gasteiger partial charge in [0.2, 0.25) is 5.95 Å². The highest BCUT2D eigenvalue weighted by Gasteiger charge is 2.21. The molecular formula is C20H26N6O3. The Morgan fingerprint density at radius 2 is 1.93 bits per heavy atom. The van der Waals surface area contributed by atoms with E-state index in [0.717, 1.165) is 17.6 Å². The van der Waals surface area contributed by atoms with E-state index < -0.39 is 0 Å². The molecule has 0 atom stereocenters. The maximum atomic E-state index is 12.9. The quantitative estimate of drug-likeness (QED) is 0.637. The first-order valence-electron chi connectivity index (χ1n) is 9.59. The maximum Gasteiger partial charge on any atom is 0.276 e. The predicted molar refractivity (Wildman–Crippen MR) is 111 cm³/mol. The van der Waals surface area contributed by atoms with Crippen LogP contribution in [0.15, 0.2) is 18.2 Å². The molecule has 0 aliphatic carbocycles. The molecule has 9 heteroatoms. The zero-order valence-electron chi connectivity index (χ0n) is 17.4. The van der Waals surface area contributed by atoms with Crippen LogP contribution >= 0.6 is 0 Å². The summed E-state index contributed by atoms with van der Waals surface area (Å²) in [7, 11) is 3.12. The Labute approximate surface area is 169 Å². The second-order valence-corrected chi connectivity index (χ2v) is 6.65. The number of ether oxygens (including phenoxy) is 1. The molecule has 0 aliphatic rings. The Morgan fingerprint density at radius 3 is 2.55 bits per heavy atom. The Morgan fingerprint density at radius 1 is 1.17 bits per heavy atom. The van der Waals surface area contributed by atoms with Crippen molar-refractivity contribution < 1.29 is 14.3 Å². The fraction of sp³-hybridized carbons (Fsp3) is 0.400. The van der Waals surface area contributed by atoms with Crippen LogP contribution in [0.2, 0.25) is 0 Å². The number of nitrogens with one attached hydrogen (secondary N) is 2. The third kappa shape index (κ3) is 3.80. The number of imidazole rings is 1. The molecule has 0 aliphatic heterocycles. The topological polar surface area (TPSA) is 103 Å². The van der Waals surface area contributed by atoms with Crippen LogP contribution < -0.4 is 15.4 Å².